The van der Waals surface area contributed by atoms with Gasteiger partial charge < -0.3 is 15.7 Å². The second-order valence-electron chi connectivity index (χ2n) is 5.17. The SMILES string of the molecule is Cc1cnc(C(C)NC(=O)NCC(O)CC(C)C)s1. The van der Waals surface area contributed by atoms with Crippen LogP contribution < -0.4 is 10.6 Å². The topological polar surface area (TPSA) is 74.2 Å². The maximum absolute atomic E-state index is 11.7. The maximum Gasteiger partial charge on any atom is 0.315 e. The molecule has 6 heteroatoms. The molecular weight excluding hydrogens is 262 g/mol. The lowest BCUT2D eigenvalue weighted by Gasteiger charge is -2.16. The van der Waals surface area contributed by atoms with Crippen molar-refractivity contribution in [2.75, 3.05) is 6.54 Å². The van der Waals surface area contributed by atoms with E-state index >= 15 is 0 Å². The van der Waals surface area contributed by atoms with E-state index in [-0.39, 0.29) is 18.6 Å². The Bertz CT molecular complexity index is 406. The standard InChI is InChI=1S/C13H23N3O2S/c1-8(2)5-11(17)7-15-13(18)16-10(4)12-14-6-9(3)19-12/h6,8,10-11,17H,5,7H2,1-4H3,(H2,15,16,18). The van der Waals surface area contributed by atoms with Crippen molar-refractivity contribution in [3.63, 3.8) is 0 Å². The van der Waals surface area contributed by atoms with Crippen molar-refractivity contribution in [3.8, 4) is 0 Å². The van der Waals surface area contributed by atoms with Crippen molar-refractivity contribution in [2.45, 2.75) is 46.3 Å². The van der Waals surface area contributed by atoms with Gasteiger partial charge >= 0.3 is 6.03 Å². The van der Waals surface area contributed by atoms with E-state index in [1.54, 1.807) is 17.5 Å². The van der Waals surface area contributed by atoms with Gasteiger partial charge in [-0.15, -0.1) is 11.3 Å². The third-order valence-electron chi connectivity index (χ3n) is 2.60. The summed E-state index contributed by atoms with van der Waals surface area (Å²) in [5, 5.41) is 16.0. The molecule has 3 N–H and O–H groups in total. The van der Waals surface area contributed by atoms with E-state index in [4.69, 9.17) is 0 Å². The Morgan fingerprint density at radius 2 is 2.16 bits per heavy atom. The number of hydrogen-bond acceptors (Lipinski definition) is 4. The highest BCUT2D eigenvalue weighted by atomic mass is 32.1. The van der Waals surface area contributed by atoms with Crippen molar-refractivity contribution >= 4 is 17.4 Å². The molecule has 0 aliphatic rings. The number of hydrogen-bond donors (Lipinski definition) is 3. The molecule has 0 aliphatic heterocycles. The fourth-order valence-electron chi connectivity index (χ4n) is 1.72. The van der Waals surface area contributed by atoms with Gasteiger partial charge in [0.1, 0.15) is 5.01 Å². The molecule has 1 aromatic rings. The molecule has 5 nitrogen and oxygen atoms in total. The van der Waals surface area contributed by atoms with Crippen LogP contribution in [0.1, 0.15) is 43.1 Å². The molecule has 0 saturated heterocycles. The lowest BCUT2D eigenvalue weighted by Crippen LogP contribution is -2.41. The number of rotatable bonds is 6. The Labute approximate surface area is 118 Å². The van der Waals surface area contributed by atoms with Crippen molar-refractivity contribution in [1.29, 1.82) is 0 Å². The summed E-state index contributed by atoms with van der Waals surface area (Å²) in [4.78, 5) is 17.0. The first-order chi connectivity index (χ1) is 8.88. The first-order valence-electron chi connectivity index (χ1n) is 6.53. The molecule has 0 spiro atoms. The molecule has 0 radical (unpaired) electrons. The monoisotopic (exact) mass is 285 g/mol. The summed E-state index contributed by atoms with van der Waals surface area (Å²) >= 11 is 1.57. The average molecular weight is 285 g/mol. The fourth-order valence-corrected chi connectivity index (χ4v) is 2.50. The highest BCUT2D eigenvalue weighted by molar-refractivity contribution is 7.11. The van der Waals surface area contributed by atoms with Gasteiger partial charge in [0, 0.05) is 17.6 Å². The molecule has 2 amide bonds. The average Bonchev–Trinajstić information content (AvgIpc) is 2.72. The van der Waals surface area contributed by atoms with Crippen LogP contribution in [-0.4, -0.2) is 28.8 Å². The molecular formula is C13H23N3O2S. The minimum Gasteiger partial charge on any atom is -0.391 e. The summed E-state index contributed by atoms with van der Waals surface area (Å²) < 4.78 is 0. The van der Waals surface area contributed by atoms with Gasteiger partial charge in [0.2, 0.25) is 0 Å². The molecule has 19 heavy (non-hydrogen) atoms. The number of aromatic nitrogens is 1. The molecule has 0 fully saturated rings. The normalized spacial score (nSPS) is 14.2. The molecule has 2 unspecified atom stereocenters. The zero-order valence-corrected chi connectivity index (χ0v) is 12.8. The molecule has 0 saturated carbocycles. The number of urea groups is 1. The summed E-state index contributed by atoms with van der Waals surface area (Å²) in [6.45, 7) is 8.22. The van der Waals surface area contributed by atoms with Crippen LogP contribution >= 0.6 is 11.3 Å². The summed E-state index contributed by atoms with van der Waals surface area (Å²) in [7, 11) is 0. The third-order valence-corrected chi connectivity index (χ3v) is 3.69. The molecule has 108 valence electrons. The van der Waals surface area contributed by atoms with Crippen LogP contribution in [0.4, 0.5) is 4.79 Å². The van der Waals surface area contributed by atoms with Crippen LogP contribution in [0.5, 0.6) is 0 Å². The Hall–Kier alpha value is -1.14. The Balaban J connectivity index is 2.31. The van der Waals surface area contributed by atoms with E-state index < -0.39 is 6.10 Å². The molecule has 1 aromatic heterocycles. The van der Waals surface area contributed by atoms with E-state index in [1.807, 2.05) is 27.7 Å². The summed E-state index contributed by atoms with van der Waals surface area (Å²) in [5.41, 5.74) is 0. The van der Waals surface area contributed by atoms with Crippen LogP contribution in [0.3, 0.4) is 0 Å². The number of aliphatic hydroxyl groups is 1. The fraction of sp³-hybridized carbons (Fsp3) is 0.692. The number of carbonyl (C=O) groups is 1. The minimum atomic E-state index is -0.497. The number of thiazole rings is 1. The minimum absolute atomic E-state index is 0.124. The molecule has 0 bridgehead atoms. The first-order valence-corrected chi connectivity index (χ1v) is 7.35. The van der Waals surface area contributed by atoms with E-state index in [0.717, 1.165) is 9.88 Å². The lowest BCUT2D eigenvalue weighted by molar-refractivity contribution is 0.146. The smallest absolute Gasteiger partial charge is 0.315 e. The highest BCUT2D eigenvalue weighted by Gasteiger charge is 2.13. The number of carbonyl (C=O) groups excluding carboxylic acids is 1. The zero-order chi connectivity index (χ0) is 14.4. The van der Waals surface area contributed by atoms with E-state index in [1.165, 1.54) is 0 Å². The van der Waals surface area contributed by atoms with Crippen LogP contribution in [0.25, 0.3) is 0 Å². The zero-order valence-electron chi connectivity index (χ0n) is 11.9. The van der Waals surface area contributed by atoms with Crippen molar-refractivity contribution < 1.29 is 9.90 Å². The second kappa shape index (κ2) is 7.45. The summed E-state index contributed by atoms with van der Waals surface area (Å²) in [6.07, 6.45) is 1.98. The van der Waals surface area contributed by atoms with Crippen LogP contribution in [0.2, 0.25) is 0 Å². The predicted molar refractivity (Wildman–Crippen MR) is 77.3 cm³/mol. The summed E-state index contributed by atoms with van der Waals surface area (Å²) in [6, 6.07) is -0.399. The predicted octanol–water partition coefficient (Wildman–Crippen LogP) is 2.22. The van der Waals surface area contributed by atoms with Gasteiger partial charge in [-0.2, -0.15) is 0 Å². The van der Waals surface area contributed by atoms with Crippen molar-refractivity contribution in [1.82, 2.24) is 15.6 Å². The number of nitrogens with zero attached hydrogens (tertiary/aromatic N) is 1. The highest BCUT2D eigenvalue weighted by Crippen LogP contribution is 2.18. The van der Waals surface area contributed by atoms with Crippen LogP contribution in [-0.2, 0) is 0 Å². The second-order valence-corrected chi connectivity index (χ2v) is 6.43. The Morgan fingerprint density at radius 3 is 2.68 bits per heavy atom. The third kappa shape index (κ3) is 6.02. The number of nitrogens with one attached hydrogen (secondary N) is 2. The lowest BCUT2D eigenvalue weighted by atomic mass is 10.1. The largest absolute Gasteiger partial charge is 0.391 e. The Kier molecular flexibility index (Phi) is 6.24. The van der Waals surface area contributed by atoms with Gasteiger partial charge in [0.25, 0.3) is 0 Å². The maximum atomic E-state index is 11.7. The molecule has 0 aromatic carbocycles. The molecule has 0 aliphatic carbocycles. The number of aliphatic hydroxyl groups excluding tert-OH is 1. The van der Waals surface area contributed by atoms with Gasteiger partial charge in [-0.25, -0.2) is 9.78 Å². The molecule has 1 heterocycles. The van der Waals surface area contributed by atoms with Crippen LogP contribution in [0, 0.1) is 12.8 Å². The van der Waals surface area contributed by atoms with E-state index in [0.29, 0.717) is 12.3 Å². The molecule has 1 rings (SSSR count). The number of aryl methyl sites for hydroxylation is 1. The van der Waals surface area contributed by atoms with E-state index in [2.05, 4.69) is 15.6 Å². The first kappa shape index (κ1) is 15.9. The summed E-state index contributed by atoms with van der Waals surface area (Å²) in [5.74, 6) is 0.414. The van der Waals surface area contributed by atoms with Crippen molar-refractivity contribution in [3.05, 3.63) is 16.1 Å². The van der Waals surface area contributed by atoms with Gasteiger partial charge in [0.15, 0.2) is 0 Å². The van der Waals surface area contributed by atoms with E-state index in [9.17, 15) is 9.90 Å². The van der Waals surface area contributed by atoms with Crippen LogP contribution in [0.15, 0.2) is 6.20 Å². The molecule has 2 atom stereocenters. The van der Waals surface area contributed by atoms with Crippen molar-refractivity contribution in [2.24, 2.45) is 5.92 Å². The van der Waals surface area contributed by atoms with Gasteiger partial charge in [-0.05, 0) is 26.2 Å². The van der Waals surface area contributed by atoms with Gasteiger partial charge in [0.05, 0.1) is 12.1 Å². The number of amides is 2. The quantitative estimate of drug-likeness (QED) is 0.750. The van der Waals surface area contributed by atoms with Gasteiger partial charge in [-0.1, -0.05) is 13.8 Å². The Morgan fingerprint density at radius 1 is 1.47 bits per heavy atom. The van der Waals surface area contributed by atoms with Gasteiger partial charge in [-0.3, -0.25) is 0 Å².